The molecular weight excluding hydrogens is 295 g/mol. The fourth-order valence-corrected chi connectivity index (χ4v) is 2.08. The Morgan fingerprint density at radius 2 is 1.89 bits per heavy atom. The van der Waals surface area contributed by atoms with Gasteiger partial charge in [-0.2, -0.15) is 0 Å². The highest BCUT2D eigenvalue weighted by Gasteiger charge is 1.96. The maximum absolute atomic E-state index is 12.7. The predicted molar refractivity (Wildman–Crippen MR) is 73.7 cm³/mol. The quantitative estimate of drug-likeness (QED) is 0.857. The molecule has 1 N–H and O–H groups in total. The van der Waals surface area contributed by atoms with Gasteiger partial charge in [0.15, 0.2) is 0 Å². The van der Waals surface area contributed by atoms with E-state index in [0.717, 1.165) is 35.1 Å². The van der Waals surface area contributed by atoms with Gasteiger partial charge >= 0.3 is 0 Å². The first-order valence-electron chi connectivity index (χ1n) is 5.78. The first-order valence-corrected chi connectivity index (χ1v) is 6.58. The van der Waals surface area contributed by atoms with Crippen LogP contribution in [0.4, 0.5) is 4.39 Å². The molecule has 0 atom stereocenters. The van der Waals surface area contributed by atoms with E-state index in [2.05, 4.69) is 26.2 Å². The van der Waals surface area contributed by atoms with Crippen LogP contribution in [0.25, 0.3) is 0 Å². The maximum Gasteiger partial charge on any atom is 0.123 e. The largest absolute Gasteiger partial charge is 0.312 e. The lowest BCUT2D eigenvalue weighted by molar-refractivity contribution is 0.626. The first kappa shape index (κ1) is 13.2. The predicted octanol–water partition coefficient (Wildman–Crippen LogP) is 3.32. The molecule has 0 radical (unpaired) electrons. The first-order chi connectivity index (χ1) is 8.74. The molecule has 2 nitrogen and oxygen atoms in total. The second-order valence-electron chi connectivity index (χ2n) is 4.06. The molecular formula is C14H14BrFN2. The third-order valence-corrected chi connectivity index (χ3v) is 3.03. The molecule has 1 aromatic heterocycles. The van der Waals surface area contributed by atoms with Gasteiger partial charge in [0.05, 0.1) is 0 Å². The Hall–Kier alpha value is -1.26. The van der Waals surface area contributed by atoms with Crippen molar-refractivity contribution in [3.8, 4) is 0 Å². The van der Waals surface area contributed by atoms with Gasteiger partial charge in [0.2, 0.25) is 0 Å². The van der Waals surface area contributed by atoms with E-state index < -0.39 is 0 Å². The number of nitrogens with one attached hydrogen (secondary N) is 1. The molecule has 0 aliphatic rings. The van der Waals surface area contributed by atoms with Crippen molar-refractivity contribution in [1.29, 1.82) is 0 Å². The van der Waals surface area contributed by atoms with Crippen molar-refractivity contribution in [2.75, 3.05) is 6.54 Å². The van der Waals surface area contributed by atoms with E-state index in [1.807, 2.05) is 24.4 Å². The topological polar surface area (TPSA) is 24.9 Å². The Morgan fingerprint density at radius 1 is 1.11 bits per heavy atom. The molecule has 0 unspecified atom stereocenters. The van der Waals surface area contributed by atoms with Crippen LogP contribution in [0.2, 0.25) is 0 Å². The third kappa shape index (κ3) is 4.20. The number of hydrogen-bond donors (Lipinski definition) is 1. The summed E-state index contributed by atoms with van der Waals surface area (Å²) >= 11 is 3.39. The molecule has 18 heavy (non-hydrogen) atoms. The van der Waals surface area contributed by atoms with Crippen LogP contribution in [0.15, 0.2) is 47.2 Å². The molecule has 0 saturated heterocycles. The zero-order valence-corrected chi connectivity index (χ0v) is 11.5. The van der Waals surface area contributed by atoms with Gasteiger partial charge in [-0.3, -0.25) is 4.98 Å². The van der Waals surface area contributed by atoms with E-state index >= 15 is 0 Å². The number of aromatic nitrogens is 1. The van der Waals surface area contributed by atoms with Crippen LogP contribution >= 0.6 is 15.9 Å². The van der Waals surface area contributed by atoms with Crippen molar-refractivity contribution in [3.63, 3.8) is 0 Å². The van der Waals surface area contributed by atoms with Crippen molar-refractivity contribution in [2.45, 2.75) is 13.0 Å². The molecule has 1 aromatic carbocycles. The van der Waals surface area contributed by atoms with Gasteiger partial charge in [0.1, 0.15) is 5.82 Å². The minimum Gasteiger partial charge on any atom is -0.312 e. The van der Waals surface area contributed by atoms with Gasteiger partial charge in [0.25, 0.3) is 0 Å². The molecule has 0 aliphatic carbocycles. The molecule has 2 rings (SSSR count). The van der Waals surface area contributed by atoms with Crippen molar-refractivity contribution in [1.82, 2.24) is 10.3 Å². The van der Waals surface area contributed by atoms with E-state index in [-0.39, 0.29) is 5.82 Å². The molecule has 1 heterocycles. The van der Waals surface area contributed by atoms with Crippen molar-refractivity contribution in [2.24, 2.45) is 0 Å². The van der Waals surface area contributed by atoms with Crippen LogP contribution in [-0.2, 0) is 13.0 Å². The summed E-state index contributed by atoms with van der Waals surface area (Å²) in [4.78, 5) is 4.10. The lowest BCUT2D eigenvalue weighted by atomic mass is 10.1. The number of halogens is 2. The smallest absolute Gasteiger partial charge is 0.123 e. The van der Waals surface area contributed by atoms with Crippen LogP contribution in [0.5, 0.6) is 0 Å². The van der Waals surface area contributed by atoms with Crippen molar-refractivity contribution in [3.05, 3.63) is 64.1 Å². The molecule has 0 saturated carbocycles. The van der Waals surface area contributed by atoms with E-state index in [1.165, 1.54) is 12.1 Å². The number of rotatable bonds is 5. The van der Waals surface area contributed by atoms with E-state index in [1.54, 1.807) is 6.20 Å². The van der Waals surface area contributed by atoms with Crippen LogP contribution < -0.4 is 5.32 Å². The molecule has 0 amide bonds. The minimum atomic E-state index is -0.188. The number of nitrogens with zero attached hydrogens (tertiary/aromatic N) is 1. The van der Waals surface area contributed by atoms with Gasteiger partial charge in [0, 0.05) is 23.4 Å². The molecule has 0 bridgehead atoms. The van der Waals surface area contributed by atoms with Crippen LogP contribution in [0, 0.1) is 5.82 Å². The SMILES string of the molecule is Fc1ccc(CCNCc2cncc(Br)c2)cc1. The second-order valence-corrected chi connectivity index (χ2v) is 4.98. The molecule has 2 aromatic rings. The lowest BCUT2D eigenvalue weighted by Gasteiger charge is -2.05. The Morgan fingerprint density at radius 3 is 2.61 bits per heavy atom. The number of pyridine rings is 1. The maximum atomic E-state index is 12.7. The number of benzene rings is 1. The fourth-order valence-electron chi connectivity index (χ4n) is 1.67. The lowest BCUT2D eigenvalue weighted by Crippen LogP contribution is -2.16. The average Bonchev–Trinajstić information content (AvgIpc) is 2.37. The van der Waals surface area contributed by atoms with Gasteiger partial charge in [-0.1, -0.05) is 12.1 Å². The monoisotopic (exact) mass is 308 g/mol. The molecule has 0 aliphatic heterocycles. The summed E-state index contributed by atoms with van der Waals surface area (Å²) in [5.41, 5.74) is 2.28. The van der Waals surface area contributed by atoms with Gasteiger partial charge in [-0.05, 0) is 58.2 Å². The van der Waals surface area contributed by atoms with Gasteiger partial charge in [-0.15, -0.1) is 0 Å². The Kier molecular flexibility index (Phi) is 4.84. The Bertz CT molecular complexity index is 499. The molecule has 4 heteroatoms. The third-order valence-electron chi connectivity index (χ3n) is 2.59. The fraction of sp³-hybridized carbons (Fsp3) is 0.214. The summed E-state index contributed by atoms with van der Waals surface area (Å²) in [6.45, 7) is 1.64. The number of hydrogen-bond acceptors (Lipinski definition) is 2. The zero-order chi connectivity index (χ0) is 12.8. The second kappa shape index (κ2) is 6.61. The standard InChI is InChI=1S/C14H14BrFN2/c15-13-7-12(9-18-10-13)8-17-6-5-11-1-3-14(16)4-2-11/h1-4,7,9-10,17H,5-6,8H2. The summed E-state index contributed by atoms with van der Waals surface area (Å²) in [5.74, 6) is -0.188. The highest BCUT2D eigenvalue weighted by Crippen LogP contribution is 2.09. The van der Waals surface area contributed by atoms with Crippen molar-refractivity contribution < 1.29 is 4.39 Å². The summed E-state index contributed by atoms with van der Waals surface area (Å²) < 4.78 is 13.7. The van der Waals surface area contributed by atoms with Crippen molar-refractivity contribution >= 4 is 15.9 Å². The molecule has 0 fully saturated rings. The van der Waals surface area contributed by atoms with E-state index in [9.17, 15) is 4.39 Å². The summed E-state index contributed by atoms with van der Waals surface area (Å²) in [7, 11) is 0. The Balaban J connectivity index is 1.74. The normalized spacial score (nSPS) is 10.6. The Labute approximate surface area is 114 Å². The average molecular weight is 309 g/mol. The van der Waals surface area contributed by atoms with Gasteiger partial charge < -0.3 is 5.32 Å². The zero-order valence-electron chi connectivity index (χ0n) is 9.87. The van der Waals surface area contributed by atoms with Crippen LogP contribution in [0.3, 0.4) is 0 Å². The highest BCUT2D eigenvalue weighted by molar-refractivity contribution is 9.10. The molecule has 0 spiro atoms. The highest BCUT2D eigenvalue weighted by atomic mass is 79.9. The summed E-state index contributed by atoms with van der Waals surface area (Å²) in [5, 5.41) is 3.34. The molecule has 94 valence electrons. The minimum absolute atomic E-state index is 0.188. The summed E-state index contributed by atoms with van der Waals surface area (Å²) in [6.07, 6.45) is 4.50. The van der Waals surface area contributed by atoms with Gasteiger partial charge in [-0.25, -0.2) is 4.39 Å². The van der Waals surface area contributed by atoms with E-state index in [0.29, 0.717) is 0 Å². The van der Waals surface area contributed by atoms with Crippen LogP contribution in [0.1, 0.15) is 11.1 Å². The van der Waals surface area contributed by atoms with Crippen LogP contribution in [-0.4, -0.2) is 11.5 Å². The summed E-state index contributed by atoms with van der Waals surface area (Å²) in [6, 6.07) is 8.66. The van der Waals surface area contributed by atoms with E-state index in [4.69, 9.17) is 0 Å².